The lowest BCUT2D eigenvalue weighted by Gasteiger charge is -2.33. The van der Waals surface area contributed by atoms with Gasteiger partial charge < -0.3 is 5.32 Å². The number of hydrogen-bond donors (Lipinski definition) is 1. The second-order valence-electron chi connectivity index (χ2n) is 6.30. The lowest BCUT2D eigenvalue weighted by molar-refractivity contribution is 0.235. The van der Waals surface area contributed by atoms with Gasteiger partial charge in [-0.05, 0) is 48.1 Å². The topological polar surface area (TPSA) is 12.0 Å². The standard InChI is InChI=1S/C20H29N/c1-4-6-14-20(5-2,16-21-3)15-18-12-9-11-17-10-7-8-13-19(17)18/h7-13,21H,4-6,14-16H2,1-3H3. The van der Waals surface area contributed by atoms with E-state index in [4.69, 9.17) is 0 Å². The molecule has 0 saturated heterocycles. The molecular weight excluding hydrogens is 254 g/mol. The van der Waals surface area contributed by atoms with E-state index < -0.39 is 0 Å². The molecule has 2 rings (SSSR count). The highest BCUT2D eigenvalue weighted by molar-refractivity contribution is 5.85. The van der Waals surface area contributed by atoms with Gasteiger partial charge in [0.2, 0.25) is 0 Å². The van der Waals surface area contributed by atoms with E-state index in [2.05, 4.69) is 68.7 Å². The highest BCUT2D eigenvalue weighted by Gasteiger charge is 2.27. The fourth-order valence-corrected chi connectivity index (χ4v) is 3.44. The summed E-state index contributed by atoms with van der Waals surface area (Å²) in [6.45, 7) is 5.74. The maximum absolute atomic E-state index is 3.44. The Morgan fingerprint density at radius 3 is 2.48 bits per heavy atom. The monoisotopic (exact) mass is 283 g/mol. The largest absolute Gasteiger partial charge is 0.319 e. The average Bonchev–Trinajstić information content (AvgIpc) is 2.53. The number of unbranched alkanes of at least 4 members (excludes halogenated alkanes) is 1. The van der Waals surface area contributed by atoms with Crippen LogP contribution >= 0.6 is 0 Å². The van der Waals surface area contributed by atoms with E-state index in [0.717, 1.165) is 6.54 Å². The Morgan fingerprint density at radius 2 is 1.76 bits per heavy atom. The van der Waals surface area contributed by atoms with Crippen molar-refractivity contribution >= 4 is 10.8 Å². The first-order chi connectivity index (χ1) is 10.2. The molecule has 0 saturated carbocycles. The van der Waals surface area contributed by atoms with Crippen molar-refractivity contribution < 1.29 is 0 Å². The van der Waals surface area contributed by atoms with E-state index in [-0.39, 0.29) is 0 Å². The Bertz CT molecular complexity index is 555. The Morgan fingerprint density at radius 1 is 1.00 bits per heavy atom. The van der Waals surface area contributed by atoms with Gasteiger partial charge in [-0.2, -0.15) is 0 Å². The van der Waals surface area contributed by atoms with Crippen LogP contribution in [0.1, 0.15) is 45.1 Å². The van der Waals surface area contributed by atoms with Crippen LogP contribution in [0.4, 0.5) is 0 Å². The van der Waals surface area contributed by atoms with Crippen molar-refractivity contribution in [1.29, 1.82) is 0 Å². The van der Waals surface area contributed by atoms with Crippen LogP contribution in [0.5, 0.6) is 0 Å². The molecule has 0 aliphatic carbocycles. The molecule has 21 heavy (non-hydrogen) atoms. The number of benzene rings is 2. The molecule has 2 aromatic carbocycles. The van der Waals surface area contributed by atoms with Crippen molar-refractivity contribution in [2.24, 2.45) is 5.41 Å². The second kappa shape index (κ2) is 7.61. The van der Waals surface area contributed by atoms with Gasteiger partial charge >= 0.3 is 0 Å². The van der Waals surface area contributed by atoms with Crippen LogP contribution in [0, 0.1) is 5.41 Å². The van der Waals surface area contributed by atoms with E-state index in [1.54, 1.807) is 0 Å². The van der Waals surface area contributed by atoms with E-state index in [1.807, 2.05) is 0 Å². The van der Waals surface area contributed by atoms with Gasteiger partial charge in [-0.1, -0.05) is 69.2 Å². The van der Waals surface area contributed by atoms with Crippen LogP contribution in [0.15, 0.2) is 42.5 Å². The van der Waals surface area contributed by atoms with Gasteiger partial charge in [0, 0.05) is 6.54 Å². The summed E-state index contributed by atoms with van der Waals surface area (Å²) < 4.78 is 0. The normalized spacial score (nSPS) is 14.2. The highest BCUT2D eigenvalue weighted by Crippen LogP contribution is 2.34. The Kier molecular flexibility index (Phi) is 5.81. The number of hydrogen-bond acceptors (Lipinski definition) is 1. The Hall–Kier alpha value is -1.34. The van der Waals surface area contributed by atoms with Crippen molar-refractivity contribution in [3.05, 3.63) is 48.0 Å². The fourth-order valence-electron chi connectivity index (χ4n) is 3.44. The molecule has 1 N–H and O–H groups in total. The molecule has 1 atom stereocenters. The zero-order chi connectivity index (χ0) is 15.1. The van der Waals surface area contributed by atoms with Gasteiger partial charge in [0.25, 0.3) is 0 Å². The summed E-state index contributed by atoms with van der Waals surface area (Å²) in [5.74, 6) is 0. The summed E-state index contributed by atoms with van der Waals surface area (Å²) in [6, 6.07) is 15.5. The van der Waals surface area contributed by atoms with Crippen molar-refractivity contribution in [3.8, 4) is 0 Å². The number of rotatable bonds is 8. The lowest BCUT2D eigenvalue weighted by atomic mass is 9.74. The fraction of sp³-hybridized carbons (Fsp3) is 0.500. The highest BCUT2D eigenvalue weighted by atomic mass is 14.8. The van der Waals surface area contributed by atoms with Crippen LogP contribution in [-0.2, 0) is 6.42 Å². The molecule has 0 aliphatic heterocycles. The molecule has 0 fully saturated rings. The zero-order valence-electron chi connectivity index (χ0n) is 13.8. The summed E-state index contributed by atoms with van der Waals surface area (Å²) >= 11 is 0. The van der Waals surface area contributed by atoms with E-state index >= 15 is 0 Å². The van der Waals surface area contributed by atoms with Crippen LogP contribution < -0.4 is 5.32 Å². The maximum atomic E-state index is 3.44. The third kappa shape index (κ3) is 3.85. The van der Waals surface area contributed by atoms with Crippen molar-refractivity contribution in [3.63, 3.8) is 0 Å². The molecular formula is C20H29N. The van der Waals surface area contributed by atoms with Crippen LogP contribution in [-0.4, -0.2) is 13.6 Å². The van der Waals surface area contributed by atoms with E-state index in [1.165, 1.54) is 48.4 Å². The zero-order valence-corrected chi connectivity index (χ0v) is 13.8. The van der Waals surface area contributed by atoms with Gasteiger partial charge in [0.15, 0.2) is 0 Å². The minimum Gasteiger partial charge on any atom is -0.319 e. The van der Waals surface area contributed by atoms with Gasteiger partial charge in [0.1, 0.15) is 0 Å². The molecule has 0 heterocycles. The first-order valence-corrected chi connectivity index (χ1v) is 8.36. The third-order valence-electron chi connectivity index (χ3n) is 4.81. The van der Waals surface area contributed by atoms with Gasteiger partial charge in [-0.3, -0.25) is 0 Å². The Balaban J connectivity index is 2.33. The molecule has 1 unspecified atom stereocenters. The van der Waals surface area contributed by atoms with Crippen LogP contribution in [0.25, 0.3) is 10.8 Å². The van der Waals surface area contributed by atoms with Crippen molar-refractivity contribution in [2.45, 2.75) is 46.0 Å². The molecule has 114 valence electrons. The second-order valence-corrected chi connectivity index (χ2v) is 6.30. The minimum absolute atomic E-state index is 0.384. The SMILES string of the molecule is CCCCC(CC)(CNC)Cc1cccc2ccccc12. The van der Waals surface area contributed by atoms with Crippen molar-refractivity contribution in [2.75, 3.05) is 13.6 Å². The molecule has 2 aromatic rings. The summed E-state index contributed by atoms with van der Waals surface area (Å²) in [6.07, 6.45) is 6.31. The average molecular weight is 283 g/mol. The predicted octanol–water partition coefficient (Wildman–Crippen LogP) is 5.19. The molecule has 0 aromatic heterocycles. The van der Waals surface area contributed by atoms with Crippen LogP contribution in [0.2, 0.25) is 0 Å². The quantitative estimate of drug-likeness (QED) is 0.703. The summed E-state index contributed by atoms with van der Waals surface area (Å²) in [5.41, 5.74) is 1.89. The molecule has 0 aliphatic rings. The number of nitrogens with one attached hydrogen (secondary N) is 1. The molecule has 0 amide bonds. The third-order valence-corrected chi connectivity index (χ3v) is 4.81. The summed E-state index contributed by atoms with van der Waals surface area (Å²) in [4.78, 5) is 0. The molecule has 1 heteroatoms. The van der Waals surface area contributed by atoms with Crippen LogP contribution in [0.3, 0.4) is 0 Å². The van der Waals surface area contributed by atoms with E-state index in [9.17, 15) is 0 Å². The van der Waals surface area contributed by atoms with Gasteiger partial charge in [0.05, 0.1) is 0 Å². The lowest BCUT2D eigenvalue weighted by Crippen LogP contribution is -2.34. The molecule has 1 nitrogen and oxygen atoms in total. The van der Waals surface area contributed by atoms with Gasteiger partial charge in [-0.15, -0.1) is 0 Å². The summed E-state index contributed by atoms with van der Waals surface area (Å²) in [7, 11) is 2.08. The van der Waals surface area contributed by atoms with Crippen molar-refractivity contribution in [1.82, 2.24) is 5.32 Å². The smallest absolute Gasteiger partial charge is 0.000789 e. The first-order valence-electron chi connectivity index (χ1n) is 8.36. The Labute approximate surface area is 129 Å². The number of fused-ring (bicyclic) bond motifs is 1. The molecule has 0 spiro atoms. The summed E-state index contributed by atoms with van der Waals surface area (Å²) in [5, 5.41) is 6.22. The molecule has 0 radical (unpaired) electrons. The maximum Gasteiger partial charge on any atom is 0.000789 e. The molecule has 0 bridgehead atoms. The van der Waals surface area contributed by atoms with Gasteiger partial charge in [-0.25, -0.2) is 0 Å². The first kappa shape index (κ1) is 16.0. The van der Waals surface area contributed by atoms with E-state index in [0.29, 0.717) is 5.41 Å². The minimum atomic E-state index is 0.384. The predicted molar refractivity (Wildman–Crippen MR) is 93.8 cm³/mol.